The van der Waals surface area contributed by atoms with Crippen LogP contribution in [0.4, 0.5) is 5.13 Å². The van der Waals surface area contributed by atoms with Gasteiger partial charge in [-0.3, -0.25) is 9.69 Å². The van der Waals surface area contributed by atoms with Crippen LogP contribution in [0, 0.1) is 13.8 Å². The van der Waals surface area contributed by atoms with Gasteiger partial charge in [0, 0.05) is 6.54 Å². The normalized spacial score (nSPS) is 10.9. The van der Waals surface area contributed by atoms with Gasteiger partial charge >= 0.3 is 5.97 Å². The number of likely N-dealkylation sites (N-methyl/N-ethyl adjacent to an activating group) is 1. The zero-order valence-corrected chi connectivity index (χ0v) is 19.3. The van der Waals surface area contributed by atoms with Gasteiger partial charge in [0.2, 0.25) is 0 Å². The first-order valence-corrected chi connectivity index (χ1v) is 11.3. The van der Waals surface area contributed by atoms with E-state index >= 15 is 0 Å². The highest BCUT2D eigenvalue weighted by molar-refractivity contribution is 7.22. The number of benzene rings is 2. The summed E-state index contributed by atoms with van der Waals surface area (Å²) >= 11 is 1.42. The fourth-order valence-electron chi connectivity index (χ4n) is 3.30. The van der Waals surface area contributed by atoms with E-state index in [0.29, 0.717) is 23.2 Å². The first-order valence-electron chi connectivity index (χ1n) is 10.4. The molecule has 9 heteroatoms. The molecule has 0 spiro atoms. The molecule has 0 N–H and O–H groups in total. The lowest BCUT2D eigenvalue weighted by Crippen LogP contribution is -2.34. The predicted molar refractivity (Wildman–Crippen MR) is 125 cm³/mol. The van der Waals surface area contributed by atoms with Gasteiger partial charge in [0.05, 0.1) is 21.5 Å². The van der Waals surface area contributed by atoms with Crippen molar-refractivity contribution >= 4 is 38.6 Å². The molecule has 0 aliphatic heterocycles. The second kappa shape index (κ2) is 9.83. The summed E-state index contributed by atoms with van der Waals surface area (Å²) in [7, 11) is 0. The van der Waals surface area contributed by atoms with Gasteiger partial charge in [-0.25, -0.2) is 9.78 Å². The summed E-state index contributed by atoms with van der Waals surface area (Å²) in [5.41, 5.74) is 2.61. The molecule has 0 aliphatic rings. The minimum absolute atomic E-state index is 0.200. The maximum absolute atomic E-state index is 12.8. The number of rotatable bonds is 8. The van der Waals surface area contributed by atoms with E-state index in [1.165, 1.54) is 16.2 Å². The number of thiazole rings is 1. The highest BCUT2D eigenvalue weighted by atomic mass is 32.1. The van der Waals surface area contributed by atoms with Gasteiger partial charge in [0.25, 0.3) is 5.91 Å². The zero-order valence-electron chi connectivity index (χ0n) is 18.5. The quantitative estimate of drug-likeness (QED) is 0.348. The van der Waals surface area contributed by atoms with Gasteiger partial charge in [-0.05, 0) is 45.0 Å². The van der Waals surface area contributed by atoms with Crippen molar-refractivity contribution in [1.82, 2.24) is 10.1 Å². The number of hydrogen-bond donors (Lipinski definition) is 0. The molecule has 0 unspecified atom stereocenters. The number of nitrogens with zero attached hydrogens (tertiary/aromatic N) is 3. The molecule has 4 aromatic rings. The van der Waals surface area contributed by atoms with E-state index in [-0.39, 0.29) is 18.1 Å². The molecule has 2 aromatic heterocycles. The number of aryl methyl sites for hydroxylation is 2. The lowest BCUT2D eigenvalue weighted by molar-refractivity contribution is -0.121. The number of ether oxygens (including phenoxy) is 2. The van der Waals surface area contributed by atoms with Gasteiger partial charge in [0.1, 0.15) is 23.7 Å². The van der Waals surface area contributed by atoms with Crippen LogP contribution in [0.3, 0.4) is 0 Å². The fraction of sp³-hybridized carbons (Fsp3) is 0.250. The van der Waals surface area contributed by atoms with Gasteiger partial charge in [-0.2, -0.15) is 0 Å². The molecule has 8 nitrogen and oxygen atoms in total. The third-order valence-corrected chi connectivity index (χ3v) is 6.18. The minimum Gasteiger partial charge on any atom is -0.488 e. The van der Waals surface area contributed by atoms with Crippen LogP contribution in [0.25, 0.3) is 10.2 Å². The van der Waals surface area contributed by atoms with E-state index in [0.717, 1.165) is 21.5 Å². The minimum atomic E-state index is -0.641. The number of aromatic nitrogens is 2. The molecule has 0 fully saturated rings. The molecule has 0 bridgehead atoms. The molecule has 1 amide bonds. The first kappa shape index (κ1) is 22.5. The van der Waals surface area contributed by atoms with E-state index < -0.39 is 12.6 Å². The van der Waals surface area contributed by atoms with Crippen LogP contribution < -0.4 is 9.64 Å². The molecule has 0 saturated heterocycles. The molecule has 0 radical (unpaired) electrons. The van der Waals surface area contributed by atoms with Crippen molar-refractivity contribution in [2.75, 3.05) is 18.1 Å². The third-order valence-electron chi connectivity index (χ3n) is 5.12. The summed E-state index contributed by atoms with van der Waals surface area (Å²) in [4.78, 5) is 31.6. The van der Waals surface area contributed by atoms with Crippen molar-refractivity contribution in [3.05, 3.63) is 71.1 Å². The van der Waals surface area contributed by atoms with Crippen LogP contribution in [0.2, 0.25) is 0 Å². The van der Waals surface area contributed by atoms with Gasteiger partial charge in [0.15, 0.2) is 11.7 Å². The summed E-state index contributed by atoms with van der Waals surface area (Å²) < 4.78 is 17.3. The van der Waals surface area contributed by atoms with Gasteiger partial charge < -0.3 is 14.0 Å². The number of carbonyl (C=O) groups excluding carboxylic acids is 2. The number of anilines is 1. The Hall–Kier alpha value is -3.72. The first-order chi connectivity index (χ1) is 16.0. The molecular formula is C24H23N3O5S. The molecular weight excluding hydrogens is 442 g/mol. The highest BCUT2D eigenvalue weighted by Crippen LogP contribution is 2.28. The molecule has 2 heterocycles. The second-order valence-electron chi connectivity index (χ2n) is 7.27. The topological polar surface area (TPSA) is 94.8 Å². The lowest BCUT2D eigenvalue weighted by atomic mass is 10.2. The predicted octanol–water partition coefficient (Wildman–Crippen LogP) is 4.69. The Labute approximate surface area is 194 Å². The Morgan fingerprint density at radius 3 is 2.58 bits per heavy atom. The number of hydrogen-bond acceptors (Lipinski definition) is 8. The van der Waals surface area contributed by atoms with Crippen molar-refractivity contribution < 1.29 is 23.6 Å². The Morgan fingerprint density at radius 2 is 1.85 bits per heavy atom. The summed E-state index contributed by atoms with van der Waals surface area (Å²) in [6.45, 7) is 5.69. The second-order valence-corrected chi connectivity index (χ2v) is 8.27. The van der Waals surface area contributed by atoms with Crippen LogP contribution in [-0.4, -0.2) is 35.2 Å². The van der Waals surface area contributed by atoms with Crippen LogP contribution >= 0.6 is 11.3 Å². The Morgan fingerprint density at radius 1 is 1.09 bits per heavy atom. The number of amides is 1. The fourth-order valence-corrected chi connectivity index (χ4v) is 4.34. The van der Waals surface area contributed by atoms with Gasteiger partial charge in [-0.15, -0.1) is 0 Å². The molecule has 0 atom stereocenters. The van der Waals surface area contributed by atoms with E-state index in [9.17, 15) is 9.59 Å². The van der Waals surface area contributed by atoms with Crippen LogP contribution in [0.1, 0.15) is 34.3 Å². The Bertz CT molecular complexity index is 1240. The van der Waals surface area contributed by atoms with E-state index in [2.05, 4.69) is 10.1 Å². The summed E-state index contributed by atoms with van der Waals surface area (Å²) in [5, 5.41) is 4.48. The van der Waals surface area contributed by atoms with Crippen molar-refractivity contribution in [2.24, 2.45) is 0 Å². The van der Waals surface area contributed by atoms with Crippen molar-refractivity contribution in [1.29, 1.82) is 0 Å². The van der Waals surface area contributed by atoms with E-state index in [1.54, 1.807) is 31.2 Å². The van der Waals surface area contributed by atoms with Crippen molar-refractivity contribution in [3.8, 4) is 5.75 Å². The average molecular weight is 466 g/mol. The van der Waals surface area contributed by atoms with Crippen molar-refractivity contribution in [3.63, 3.8) is 0 Å². The number of para-hydroxylation sites is 2. The average Bonchev–Trinajstić information content (AvgIpc) is 3.39. The summed E-state index contributed by atoms with van der Waals surface area (Å²) in [6.07, 6.45) is 0. The van der Waals surface area contributed by atoms with Crippen molar-refractivity contribution in [2.45, 2.75) is 27.4 Å². The molecule has 4 rings (SSSR count). The maximum atomic E-state index is 12.8. The molecule has 2 aromatic carbocycles. The Kier molecular flexibility index (Phi) is 6.69. The Balaban J connectivity index is 1.42. The van der Waals surface area contributed by atoms with E-state index in [4.69, 9.17) is 14.0 Å². The van der Waals surface area contributed by atoms with Crippen LogP contribution in [0.15, 0.2) is 53.1 Å². The largest absolute Gasteiger partial charge is 0.488 e. The lowest BCUT2D eigenvalue weighted by Gasteiger charge is -2.17. The van der Waals surface area contributed by atoms with E-state index in [1.807, 2.05) is 38.1 Å². The monoisotopic (exact) mass is 465 g/mol. The molecule has 170 valence electrons. The summed E-state index contributed by atoms with van der Waals surface area (Å²) in [5.74, 6) is 0.0261. The number of carbonyl (C=O) groups is 2. The van der Waals surface area contributed by atoms with Crippen LogP contribution in [-0.2, 0) is 16.1 Å². The summed E-state index contributed by atoms with van der Waals surface area (Å²) in [6, 6.07) is 14.4. The highest BCUT2D eigenvalue weighted by Gasteiger charge is 2.21. The number of fused-ring (bicyclic) bond motifs is 1. The smallest absolute Gasteiger partial charge is 0.342 e. The molecule has 0 aliphatic carbocycles. The standard InChI is InChI=1S/C24H23N3O5S/c1-4-27(24-25-19-10-6-8-12-21(19)33-24)22(28)14-31-23(29)17-9-5-7-11-20(17)30-13-18-15(2)26-32-16(18)3/h5-12H,4,13-14H2,1-3H3. The SMILES string of the molecule is CCN(C(=O)COC(=O)c1ccccc1OCc1c(C)noc1C)c1nc2ccccc2s1. The number of esters is 1. The molecule has 33 heavy (non-hydrogen) atoms. The molecule has 0 saturated carbocycles. The maximum Gasteiger partial charge on any atom is 0.342 e. The van der Waals surface area contributed by atoms with Gasteiger partial charge in [-0.1, -0.05) is 40.8 Å². The zero-order chi connectivity index (χ0) is 23.4. The third kappa shape index (κ3) is 4.88. The van der Waals surface area contributed by atoms with Crippen LogP contribution in [0.5, 0.6) is 5.75 Å².